The number of aryl methyl sites for hydroxylation is 5. The molecule has 0 fully saturated rings. The molecular formula is C18H25NS. The van der Waals surface area contributed by atoms with E-state index < -0.39 is 0 Å². The van der Waals surface area contributed by atoms with E-state index in [-0.39, 0.29) is 0 Å². The molecule has 0 saturated heterocycles. The van der Waals surface area contributed by atoms with Crippen molar-refractivity contribution >= 4 is 11.3 Å². The van der Waals surface area contributed by atoms with Crippen LogP contribution in [-0.4, -0.2) is 6.54 Å². The molecule has 2 rings (SSSR count). The molecule has 0 radical (unpaired) electrons. The minimum Gasteiger partial charge on any atom is -0.306 e. The predicted molar refractivity (Wildman–Crippen MR) is 90.0 cm³/mol. The molecule has 1 nitrogen and oxygen atoms in total. The Bertz CT molecular complexity index is 587. The van der Waals surface area contributed by atoms with E-state index in [1.54, 1.807) is 0 Å². The highest BCUT2D eigenvalue weighted by molar-refractivity contribution is 7.12. The number of hydrogen-bond donors (Lipinski definition) is 1. The van der Waals surface area contributed by atoms with E-state index in [9.17, 15) is 0 Å². The Balaban J connectivity index is 2.57. The van der Waals surface area contributed by atoms with Crippen LogP contribution in [0.15, 0.2) is 18.2 Å². The second-order valence-corrected chi connectivity index (χ2v) is 7.00. The topological polar surface area (TPSA) is 12.0 Å². The van der Waals surface area contributed by atoms with Crippen LogP contribution in [-0.2, 0) is 0 Å². The summed E-state index contributed by atoms with van der Waals surface area (Å²) in [4.78, 5) is 2.85. The minimum absolute atomic E-state index is 0.319. The van der Waals surface area contributed by atoms with Gasteiger partial charge in [-0.1, -0.05) is 24.6 Å². The normalized spacial score (nSPS) is 12.7. The van der Waals surface area contributed by atoms with Crippen LogP contribution in [0.25, 0.3) is 0 Å². The molecule has 0 aliphatic carbocycles. The summed E-state index contributed by atoms with van der Waals surface area (Å²) in [7, 11) is 0. The molecule has 1 atom stereocenters. The molecule has 2 heteroatoms. The molecule has 1 unspecified atom stereocenters. The molecule has 0 amide bonds. The summed E-state index contributed by atoms with van der Waals surface area (Å²) < 4.78 is 0. The third kappa shape index (κ3) is 2.97. The highest BCUT2D eigenvalue weighted by atomic mass is 32.1. The number of hydrogen-bond acceptors (Lipinski definition) is 2. The van der Waals surface area contributed by atoms with Crippen LogP contribution in [0.3, 0.4) is 0 Å². The van der Waals surface area contributed by atoms with Gasteiger partial charge in [0.15, 0.2) is 0 Å². The molecule has 1 aromatic carbocycles. The van der Waals surface area contributed by atoms with Gasteiger partial charge >= 0.3 is 0 Å². The minimum atomic E-state index is 0.319. The van der Waals surface area contributed by atoms with Gasteiger partial charge in [0.05, 0.1) is 6.04 Å². The maximum atomic E-state index is 3.68. The van der Waals surface area contributed by atoms with Gasteiger partial charge in [0.25, 0.3) is 0 Å². The molecule has 0 aliphatic rings. The van der Waals surface area contributed by atoms with E-state index >= 15 is 0 Å². The van der Waals surface area contributed by atoms with Crippen molar-refractivity contribution < 1.29 is 0 Å². The quantitative estimate of drug-likeness (QED) is 0.835. The van der Waals surface area contributed by atoms with Crippen molar-refractivity contribution in [3.05, 3.63) is 55.8 Å². The first kappa shape index (κ1) is 15.3. The Morgan fingerprint density at radius 3 is 2.00 bits per heavy atom. The SMILES string of the molecule is CCNC(c1sc(C)cc1C)c1c(C)cc(C)cc1C. The molecule has 2 aromatic rings. The summed E-state index contributed by atoms with van der Waals surface area (Å²) in [5.41, 5.74) is 6.97. The molecule has 1 aromatic heterocycles. The first-order valence-electron chi connectivity index (χ1n) is 7.32. The second-order valence-electron chi connectivity index (χ2n) is 5.71. The van der Waals surface area contributed by atoms with Crippen molar-refractivity contribution in [2.75, 3.05) is 6.54 Å². The molecule has 0 aliphatic heterocycles. The van der Waals surface area contributed by atoms with Crippen molar-refractivity contribution in [3.8, 4) is 0 Å². The largest absolute Gasteiger partial charge is 0.306 e. The van der Waals surface area contributed by atoms with Gasteiger partial charge < -0.3 is 5.32 Å². The van der Waals surface area contributed by atoms with Gasteiger partial charge in [-0.2, -0.15) is 0 Å². The third-order valence-electron chi connectivity index (χ3n) is 3.78. The zero-order valence-electron chi connectivity index (χ0n) is 13.4. The fourth-order valence-corrected chi connectivity index (χ4v) is 4.24. The van der Waals surface area contributed by atoms with Crippen molar-refractivity contribution in [1.29, 1.82) is 0 Å². The van der Waals surface area contributed by atoms with Gasteiger partial charge in [-0.15, -0.1) is 11.3 Å². The average molecular weight is 287 g/mol. The van der Waals surface area contributed by atoms with Crippen LogP contribution >= 0.6 is 11.3 Å². The van der Waals surface area contributed by atoms with E-state index in [1.165, 1.54) is 37.6 Å². The first-order chi connectivity index (χ1) is 9.43. The smallest absolute Gasteiger partial charge is 0.0678 e. The van der Waals surface area contributed by atoms with Crippen molar-refractivity contribution in [2.24, 2.45) is 0 Å². The van der Waals surface area contributed by atoms with E-state index in [1.807, 2.05) is 11.3 Å². The van der Waals surface area contributed by atoms with E-state index in [0.717, 1.165) is 6.54 Å². The van der Waals surface area contributed by atoms with Crippen LogP contribution in [0.2, 0.25) is 0 Å². The molecule has 0 spiro atoms. The van der Waals surface area contributed by atoms with E-state index in [4.69, 9.17) is 0 Å². The van der Waals surface area contributed by atoms with Crippen molar-refractivity contribution in [3.63, 3.8) is 0 Å². The summed E-state index contributed by atoms with van der Waals surface area (Å²) >= 11 is 1.92. The lowest BCUT2D eigenvalue weighted by molar-refractivity contribution is 0.631. The molecule has 20 heavy (non-hydrogen) atoms. The first-order valence-corrected chi connectivity index (χ1v) is 8.13. The Labute approximate surface area is 127 Å². The lowest BCUT2D eigenvalue weighted by Crippen LogP contribution is -2.23. The third-order valence-corrected chi connectivity index (χ3v) is 4.99. The molecular weight excluding hydrogens is 262 g/mol. The Morgan fingerprint density at radius 2 is 1.55 bits per heavy atom. The standard InChI is InChI=1S/C18H25NS/c1-7-19-17(18-14(5)10-15(6)20-18)16-12(3)8-11(2)9-13(16)4/h8-10,17,19H,7H2,1-6H3. The number of thiophene rings is 1. The predicted octanol–water partition coefficient (Wildman–Crippen LogP) is 4.99. The van der Waals surface area contributed by atoms with E-state index in [0.29, 0.717) is 6.04 Å². The average Bonchev–Trinajstić information content (AvgIpc) is 2.66. The van der Waals surface area contributed by atoms with Crippen LogP contribution in [0.1, 0.15) is 50.5 Å². The number of rotatable bonds is 4. The monoisotopic (exact) mass is 287 g/mol. The maximum Gasteiger partial charge on any atom is 0.0678 e. The fraction of sp³-hybridized carbons (Fsp3) is 0.444. The Kier molecular flexibility index (Phi) is 4.66. The van der Waals surface area contributed by atoms with Crippen LogP contribution in [0.5, 0.6) is 0 Å². The zero-order valence-corrected chi connectivity index (χ0v) is 14.2. The summed E-state index contributed by atoms with van der Waals surface area (Å²) in [6, 6.07) is 7.20. The number of benzene rings is 1. The molecule has 1 N–H and O–H groups in total. The van der Waals surface area contributed by atoms with Gasteiger partial charge in [-0.05, 0) is 69.5 Å². The van der Waals surface area contributed by atoms with Gasteiger partial charge in [0, 0.05) is 9.75 Å². The summed E-state index contributed by atoms with van der Waals surface area (Å²) in [6.45, 7) is 14.2. The van der Waals surface area contributed by atoms with Crippen LogP contribution in [0, 0.1) is 34.6 Å². The van der Waals surface area contributed by atoms with Gasteiger partial charge in [0.1, 0.15) is 0 Å². The zero-order chi connectivity index (χ0) is 14.9. The maximum absolute atomic E-state index is 3.68. The lowest BCUT2D eigenvalue weighted by atomic mass is 9.92. The summed E-state index contributed by atoms with van der Waals surface area (Å²) in [5, 5.41) is 3.68. The highest BCUT2D eigenvalue weighted by Gasteiger charge is 2.21. The van der Waals surface area contributed by atoms with Crippen LogP contribution < -0.4 is 5.32 Å². The van der Waals surface area contributed by atoms with Crippen molar-refractivity contribution in [1.82, 2.24) is 5.32 Å². The van der Waals surface area contributed by atoms with Gasteiger partial charge in [-0.3, -0.25) is 0 Å². The fourth-order valence-electron chi connectivity index (χ4n) is 3.12. The Hall–Kier alpha value is -1.12. The van der Waals surface area contributed by atoms with Crippen LogP contribution in [0.4, 0.5) is 0 Å². The highest BCUT2D eigenvalue weighted by Crippen LogP contribution is 2.35. The summed E-state index contributed by atoms with van der Waals surface area (Å²) in [6.07, 6.45) is 0. The molecule has 0 saturated carbocycles. The molecule has 1 heterocycles. The lowest BCUT2D eigenvalue weighted by Gasteiger charge is -2.23. The van der Waals surface area contributed by atoms with Gasteiger partial charge in [0.2, 0.25) is 0 Å². The van der Waals surface area contributed by atoms with Gasteiger partial charge in [-0.25, -0.2) is 0 Å². The van der Waals surface area contributed by atoms with Crippen molar-refractivity contribution in [2.45, 2.75) is 47.6 Å². The number of nitrogens with one attached hydrogen (secondary N) is 1. The van der Waals surface area contributed by atoms with E-state index in [2.05, 4.69) is 65.1 Å². The molecule has 108 valence electrons. The molecule has 0 bridgehead atoms. The Morgan fingerprint density at radius 1 is 0.950 bits per heavy atom. The summed E-state index contributed by atoms with van der Waals surface area (Å²) in [5.74, 6) is 0. The second kappa shape index (κ2) is 6.11.